The van der Waals surface area contributed by atoms with Gasteiger partial charge in [-0.1, -0.05) is 28.1 Å². The first-order chi connectivity index (χ1) is 12.4. The predicted octanol–water partition coefficient (Wildman–Crippen LogP) is 3.06. The number of rotatable bonds is 4. The van der Waals surface area contributed by atoms with Crippen LogP contribution in [0.25, 0.3) is 0 Å². The summed E-state index contributed by atoms with van der Waals surface area (Å²) >= 11 is 3.14. The van der Waals surface area contributed by atoms with Crippen molar-refractivity contribution in [3.8, 4) is 0 Å². The molecule has 134 valence electrons. The molecule has 1 heterocycles. The van der Waals surface area contributed by atoms with Gasteiger partial charge in [-0.05, 0) is 36.8 Å². The lowest BCUT2D eigenvalue weighted by Crippen LogP contribution is -2.41. The summed E-state index contributed by atoms with van der Waals surface area (Å²) in [6, 6.07) is 10.1. The van der Waals surface area contributed by atoms with E-state index in [0.29, 0.717) is 15.7 Å². The smallest absolute Gasteiger partial charge is 0.254 e. The third kappa shape index (κ3) is 4.08. The normalized spacial score (nSPS) is 16.2. The minimum absolute atomic E-state index is 0.0514. The van der Waals surface area contributed by atoms with Crippen LogP contribution in [0.1, 0.15) is 23.2 Å². The Morgan fingerprint density at radius 3 is 2.73 bits per heavy atom. The first kappa shape index (κ1) is 18.1. The Morgan fingerprint density at radius 1 is 1.19 bits per heavy atom. The molecule has 3 N–H and O–H groups in total. The van der Waals surface area contributed by atoms with Crippen molar-refractivity contribution in [2.24, 2.45) is 0 Å². The molecule has 2 aromatic carbocycles. The molecule has 6 nitrogen and oxygen atoms in total. The third-order valence-electron chi connectivity index (χ3n) is 3.92. The molecule has 0 bridgehead atoms. The van der Waals surface area contributed by atoms with Gasteiger partial charge in [0.15, 0.2) is 0 Å². The number of nitrogens with one attached hydrogen (secondary N) is 3. The van der Waals surface area contributed by atoms with E-state index in [0.717, 1.165) is 0 Å². The number of hydrogen-bond acceptors (Lipinski definition) is 3. The minimum atomic E-state index is -0.851. The van der Waals surface area contributed by atoms with Crippen molar-refractivity contribution in [3.63, 3.8) is 0 Å². The molecule has 0 unspecified atom stereocenters. The van der Waals surface area contributed by atoms with Gasteiger partial charge in [0.2, 0.25) is 11.8 Å². The number of benzene rings is 2. The second-order valence-electron chi connectivity index (χ2n) is 5.77. The standard InChI is InChI=1S/C18H15BrFN3O3/c19-10-5-6-14(12(20)9-10)21-16(24)8-7-15-18(26)22-13-4-2-1-3-11(13)17(25)23-15/h1-6,9,15H,7-8H2,(H,21,24)(H,22,26)(H,23,25)/t15-/m1/s1. The van der Waals surface area contributed by atoms with E-state index >= 15 is 0 Å². The third-order valence-corrected chi connectivity index (χ3v) is 4.41. The van der Waals surface area contributed by atoms with E-state index in [1.165, 1.54) is 12.1 Å². The van der Waals surface area contributed by atoms with Crippen molar-refractivity contribution in [2.75, 3.05) is 10.6 Å². The number of anilines is 2. The number of carbonyl (C=O) groups excluding carboxylic acids is 3. The second kappa shape index (κ2) is 7.65. The maximum atomic E-state index is 13.8. The molecule has 0 aromatic heterocycles. The fraction of sp³-hybridized carbons (Fsp3) is 0.167. The molecule has 0 saturated heterocycles. The van der Waals surface area contributed by atoms with Gasteiger partial charge in [0.25, 0.3) is 5.91 Å². The minimum Gasteiger partial charge on any atom is -0.340 e. The van der Waals surface area contributed by atoms with Crippen molar-refractivity contribution in [2.45, 2.75) is 18.9 Å². The van der Waals surface area contributed by atoms with Crippen LogP contribution in [0.3, 0.4) is 0 Å². The highest BCUT2D eigenvalue weighted by Gasteiger charge is 2.27. The topological polar surface area (TPSA) is 87.3 Å². The van der Waals surface area contributed by atoms with Gasteiger partial charge in [-0.25, -0.2) is 4.39 Å². The number of halogens is 2. The molecule has 3 rings (SSSR count). The SMILES string of the molecule is O=C(CC[C@H]1NC(=O)c2ccccc2NC1=O)Nc1ccc(Br)cc1F. The van der Waals surface area contributed by atoms with E-state index in [2.05, 4.69) is 31.9 Å². The second-order valence-corrected chi connectivity index (χ2v) is 6.69. The number of amides is 3. The molecule has 1 atom stereocenters. The van der Waals surface area contributed by atoms with Crippen molar-refractivity contribution in [3.05, 3.63) is 58.3 Å². The zero-order valence-electron chi connectivity index (χ0n) is 13.5. The summed E-state index contributed by atoms with van der Waals surface area (Å²) in [5.74, 6) is -1.80. The Hall–Kier alpha value is -2.74. The summed E-state index contributed by atoms with van der Waals surface area (Å²) in [5, 5.41) is 7.74. The van der Waals surface area contributed by atoms with Crippen LogP contribution < -0.4 is 16.0 Å². The monoisotopic (exact) mass is 419 g/mol. The zero-order valence-corrected chi connectivity index (χ0v) is 15.1. The van der Waals surface area contributed by atoms with E-state index < -0.39 is 23.7 Å². The molecule has 8 heteroatoms. The average molecular weight is 420 g/mol. The molecule has 1 aliphatic heterocycles. The van der Waals surface area contributed by atoms with Gasteiger partial charge in [0, 0.05) is 10.9 Å². The molecule has 0 saturated carbocycles. The van der Waals surface area contributed by atoms with Crippen LogP contribution in [-0.2, 0) is 9.59 Å². The fourth-order valence-electron chi connectivity index (χ4n) is 2.59. The molecular weight excluding hydrogens is 405 g/mol. The van der Waals surface area contributed by atoms with E-state index in [9.17, 15) is 18.8 Å². The van der Waals surface area contributed by atoms with Crippen LogP contribution in [0.5, 0.6) is 0 Å². The largest absolute Gasteiger partial charge is 0.340 e. The number of fused-ring (bicyclic) bond motifs is 1. The fourth-order valence-corrected chi connectivity index (χ4v) is 2.93. The summed E-state index contributed by atoms with van der Waals surface area (Å²) in [5.41, 5.74) is 0.851. The van der Waals surface area contributed by atoms with Crippen molar-refractivity contribution in [1.29, 1.82) is 0 Å². The Kier molecular flexibility index (Phi) is 5.32. The Balaban J connectivity index is 1.61. The van der Waals surface area contributed by atoms with Gasteiger partial charge < -0.3 is 16.0 Å². The van der Waals surface area contributed by atoms with E-state index in [1.54, 1.807) is 30.3 Å². The van der Waals surface area contributed by atoms with Gasteiger partial charge in [0.05, 0.1) is 16.9 Å². The van der Waals surface area contributed by atoms with E-state index in [-0.39, 0.29) is 24.4 Å². The number of para-hydroxylation sites is 1. The van der Waals surface area contributed by atoms with Crippen LogP contribution in [0.15, 0.2) is 46.9 Å². The lowest BCUT2D eigenvalue weighted by atomic mass is 10.1. The highest BCUT2D eigenvalue weighted by molar-refractivity contribution is 9.10. The molecule has 26 heavy (non-hydrogen) atoms. The molecule has 0 fully saturated rings. The molecule has 1 aliphatic rings. The van der Waals surface area contributed by atoms with Gasteiger partial charge in [-0.2, -0.15) is 0 Å². The average Bonchev–Trinajstić information content (AvgIpc) is 2.72. The lowest BCUT2D eigenvalue weighted by Gasteiger charge is -2.14. The van der Waals surface area contributed by atoms with E-state index in [4.69, 9.17) is 0 Å². The Labute approximate surface area is 157 Å². The highest BCUT2D eigenvalue weighted by atomic mass is 79.9. The lowest BCUT2D eigenvalue weighted by molar-refractivity contribution is -0.118. The molecular formula is C18H15BrFN3O3. The van der Waals surface area contributed by atoms with Crippen molar-refractivity contribution < 1.29 is 18.8 Å². The van der Waals surface area contributed by atoms with Crippen LogP contribution in [0.4, 0.5) is 15.8 Å². The molecule has 0 radical (unpaired) electrons. The summed E-state index contributed by atoms with van der Waals surface area (Å²) in [7, 11) is 0. The van der Waals surface area contributed by atoms with Crippen LogP contribution in [-0.4, -0.2) is 23.8 Å². The zero-order chi connectivity index (χ0) is 18.7. The van der Waals surface area contributed by atoms with Gasteiger partial charge >= 0.3 is 0 Å². The van der Waals surface area contributed by atoms with Crippen molar-refractivity contribution >= 4 is 45.0 Å². The quantitative estimate of drug-likeness (QED) is 0.711. The molecule has 3 amide bonds. The molecule has 0 spiro atoms. The van der Waals surface area contributed by atoms with Crippen LogP contribution >= 0.6 is 15.9 Å². The maximum absolute atomic E-state index is 13.8. The van der Waals surface area contributed by atoms with Gasteiger partial charge in [-0.15, -0.1) is 0 Å². The summed E-state index contributed by atoms with van der Waals surface area (Å²) in [4.78, 5) is 36.5. The molecule has 2 aromatic rings. The van der Waals surface area contributed by atoms with Crippen molar-refractivity contribution in [1.82, 2.24) is 5.32 Å². The first-order valence-electron chi connectivity index (χ1n) is 7.89. The predicted molar refractivity (Wildman–Crippen MR) is 98.3 cm³/mol. The van der Waals surface area contributed by atoms with Crippen LogP contribution in [0.2, 0.25) is 0 Å². The molecule has 0 aliphatic carbocycles. The van der Waals surface area contributed by atoms with Crippen LogP contribution in [0, 0.1) is 5.82 Å². The first-order valence-corrected chi connectivity index (χ1v) is 8.69. The summed E-state index contributed by atoms with van der Waals surface area (Å²) < 4.78 is 14.3. The van der Waals surface area contributed by atoms with Gasteiger partial charge in [0.1, 0.15) is 11.9 Å². The van der Waals surface area contributed by atoms with Gasteiger partial charge in [-0.3, -0.25) is 14.4 Å². The number of carbonyl (C=O) groups is 3. The van der Waals surface area contributed by atoms with E-state index in [1.807, 2.05) is 0 Å². The maximum Gasteiger partial charge on any atom is 0.254 e. The Bertz CT molecular complexity index is 888. The Morgan fingerprint density at radius 2 is 1.96 bits per heavy atom. The highest BCUT2D eigenvalue weighted by Crippen LogP contribution is 2.21. The number of hydrogen-bond donors (Lipinski definition) is 3. The summed E-state index contributed by atoms with van der Waals surface area (Å²) in [6.07, 6.45) is 0.0414. The summed E-state index contributed by atoms with van der Waals surface area (Å²) in [6.45, 7) is 0.